The van der Waals surface area contributed by atoms with Crippen LogP contribution in [0.5, 0.6) is 0 Å². The van der Waals surface area contributed by atoms with Crippen molar-refractivity contribution in [2.24, 2.45) is 0 Å². The summed E-state index contributed by atoms with van der Waals surface area (Å²) in [5.74, 6) is 7.87. The van der Waals surface area contributed by atoms with E-state index in [9.17, 15) is 4.39 Å². The van der Waals surface area contributed by atoms with E-state index in [1.54, 1.807) is 12.1 Å². The van der Waals surface area contributed by atoms with Gasteiger partial charge in [0.15, 0.2) is 0 Å². The van der Waals surface area contributed by atoms with Crippen LogP contribution in [0.2, 0.25) is 0 Å². The summed E-state index contributed by atoms with van der Waals surface area (Å²) in [5.41, 5.74) is 9.44. The molecule has 0 fully saturated rings. The summed E-state index contributed by atoms with van der Waals surface area (Å²) in [5, 5.41) is 10.7. The highest BCUT2D eigenvalue weighted by Crippen LogP contribution is 2.32. The smallest absolute Gasteiger partial charge is 0.124 e. The Labute approximate surface area is 269 Å². The Morgan fingerprint density at radius 3 is 2.52 bits per heavy atom. The molecule has 0 spiro atoms. The number of rotatable bonds is 10. The summed E-state index contributed by atoms with van der Waals surface area (Å²) in [6, 6.07) is 25.9. The van der Waals surface area contributed by atoms with Crippen LogP contribution in [0.15, 0.2) is 97.8 Å². The van der Waals surface area contributed by atoms with E-state index in [1.165, 1.54) is 5.56 Å². The SMILES string of the molecule is C=C(/C=c1/c(-c2cc3c(-c4cc(F)cc(CNS(=C)(=C)C)c4)cccc3[nH]2)n[nH]/c1=C/C)c1cncc(CCc2ccccc2)c1. The molecule has 0 atom stereocenters. The highest BCUT2D eigenvalue weighted by Gasteiger charge is 2.14. The number of fused-ring (bicyclic) bond motifs is 1. The van der Waals surface area contributed by atoms with Crippen molar-refractivity contribution in [1.29, 1.82) is 0 Å². The van der Waals surface area contributed by atoms with Gasteiger partial charge in [0.25, 0.3) is 0 Å². The number of aromatic amines is 2. The fraction of sp³-hybridized carbons (Fsp3) is 0.128. The van der Waals surface area contributed by atoms with Crippen molar-refractivity contribution in [2.75, 3.05) is 6.26 Å². The predicted molar refractivity (Wildman–Crippen MR) is 197 cm³/mol. The number of nitrogens with zero attached hydrogens (tertiary/aromatic N) is 2. The first kappa shape index (κ1) is 31.0. The third kappa shape index (κ3) is 7.12. The third-order valence-corrected chi connectivity index (χ3v) is 8.81. The van der Waals surface area contributed by atoms with Crippen molar-refractivity contribution in [1.82, 2.24) is 24.9 Å². The summed E-state index contributed by atoms with van der Waals surface area (Å²) in [7, 11) is -1.42. The standard InChI is InChI=1S/C39H38FN5S/c1-6-36-35(17-26(2)31-18-28(23-41-25-31)16-15-27-11-8-7-9-12-27)39(45-44-36)38-22-34-33(13-10-14-37(34)43-38)30-19-29(20-32(40)21-30)24-42-46(3,4)5/h6-14,17-23,25,42-44H,2-4,15-16,24H2,1,5H3/b35-17+,36-6+. The highest BCUT2D eigenvalue weighted by molar-refractivity contribution is 8.25. The zero-order valence-electron chi connectivity index (χ0n) is 26.2. The lowest BCUT2D eigenvalue weighted by molar-refractivity contribution is 0.625. The van der Waals surface area contributed by atoms with E-state index in [0.717, 1.165) is 79.1 Å². The van der Waals surface area contributed by atoms with E-state index in [4.69, 9.17) is 5.10 Å². The molecule has 232 valence electrons. The second-order valence-electron chi connectivity index (χ2n) is 11.8. The summed E-state index contributed by atoms with van der Waals surface area (Å²) in [6.07, 6.45) is 11.7. The van der Waals surface area contributed by atoms with Gasteiger partial charge >= 0.3 is 0 Å². The maximum Gasteiger partial charge on any atom is 0.124 e. The Bertz CT molecular complexity index is 2280. The third-order valence-electron chi connectivity index (χ3n) is 7.96. The van der Waals surface area contributed by atoms with E-state index in [2.05, 4.69) is 80.6 Å². The number of aromatic nitrogens is 4. The zero-order valence-corrected chi connectivity index (χ0v) is 27.1. The van der Waals surface area contributed by atoms with Gasteiger partial charge in [0, 0.05) is 35.1 Å². The summed E-state index contributed by atoms with van der Waals surface area (Å²) in [4.78, 5) is 8.07. The van der Waals surface area contributed by atoms with Gasteiger partial charge in [0.1, 0.15) is 11.5 Å². The molecule has 0 bridgehead atoms. The molecule has 5 nitrogen and oxygen atoms in total. The first-order valence-electron chi connectivity index (χ1n) is 15.2. The van der Waals surface area contributed by atoms with Gasteiger partial charge in [-0.05, 0) is 107 Å². The number of allylic oxidation sites excluding steroid dienone is 1. The Hall–Kier alpha value is -4.98. The number of hydrogen-bond donors (Lipinski definition) is 3. The summed E-state index contributed by atoms with van der Waals surface area (Å²) < 4.78 is 18.1. The molecule has 0 amide bonds. The molecule has 3 heterocycles. The maximum absolute atomic E-state index is 14.8. The van der Waals surface area contributed by atoms with Crippen LogP contribution in [-0.4, -0.2) is 38.2 Å². The summed E-state index contributed by atoms with van der Waals surface area (Å²) in [6.45, 7) is 6.88. The van der Waals surface area contributed by atoms with Crippen molar-refractivity contribution in [2.45, 2.75) is 26.3 Å². The van der Waals surface area contributed by atoms with Crippen LogP contribution in [0.25, 0.3) is 51.1 Å². The molecule has 0 aliphatic carbocycles. The van der Waals surface area contributed by atoms with Gasteiger partial charge in [0.2, 0.25) is 0 Å². The molecule has 7 heteroatoms. The van der Waals surface area contributed by atoms with Crippen LogP contribution < -0.4 is 15.3 Å². The van der Waals surface area contributed by atoms with E-state index < -0.39 is 9.39 Å². The van der Waals surface area contributed by atoms with Gasteiger partial charge in [-0.3, -0.25) is 14.8 Å². The largest absolute Gasteiger partial charge is 0.353 e. The Kier molecular flexibility index (Phi) is 8.88. The molecule has 0 unspecified atom stereocenters. The van der Waals surface area contributed by atoms with E-state index in [0.29, 0.717) is 6.54 Å². The lowest BCUT2D eigenvalue weighted by atomic mass is 9.99. The van der Waals surface area contributed by atoms with Crippen molar-refractivity contribution >= 4 is 49.8 Å². The van der Waals surface area contributed by atoms with E-state index in [1.807, 2.05) is 62.0 Å². The second-order valence-corrected chi connectivity index (χ2v) is 14.7. The highest BCUT2D eigenvalue weighted by atomic mass is 32.2. The zero-order chi connectivity index (χ0) is 32.3. The molecule has 3 aromatic heterocycles. The lowest BCUT2D eigenvalue weighted by Gasteiger charge is -2.12. The molecular formula is C39H38FN5S. The Morgan fingerprint density at radius 1 is 0.935 bits per heavy atom. The predicted octanol–water partition coefficient (Wildman–Crippen LogP) is 7.14. The maximum atomic E-state index is 14.8. The number of benzene rings is 3. The van der Waals surface area contributed by atoms with Gasteiger partial charge in [-0.1, -0.05) is 66.9 Å². The van der Waals surface area contributed by atoms with Crippen LogP contribution >= 0.6 is 9.39 Å². The molecule has 6 rings (SSSR count). The van der Waals surface area contributed by atoms with E-state index in [-0.39, 0.29) is 5.82 Å². The number of H-pyrrole nitrogens is 2. The van der Waals surface area contributed by atoms with Crippen LogP contribution in [0.1, 0.15) is 29.2 Å². The van der Waals surface area contributed by atoms with Crippen molar-refractivity contribution in [3.05, 3.63) is 136 Å². The average molecular weight is 628 g/mol. The molecular weight excluding hydrogens is 590 g/mol. The normalized spacial score (nSPS) is 12.7. The van der Waals surface area contributed by atoms with Gasteiger partial charge < -0.3 is 4.98 Å². The number of aryl methyl sites for hydroxylation is 2. The lowest BCUT2D eigenvalue weighted by Crippen LogP contribution is -2.23. The molecule has 3 N–H and O–H groups in total. The van der Waals surface area contributed by atoms with Gasteiger partial charge in [-0.25, -0.2) is 4.39 Å². The summed E-state index contributed by atoms with van der Waals surface area (Å²) >= 11 is 0. The first-order valence-corrected chi connectivity index (χ1v) is 17.6. The Balaban J connectivity index is 1.34. The fourth-order valence-corrected chi connectivity index (χ4v) is 6.14. The number of hydrogen-bond acceptors (Lipinski definition) is 3. The molecule has 3 aromatic carbocycles. The van der Waals surface area contributed by atoms with Gasteiger partial charge in [-0.15, -0.1) is 0 Å². The van der Waals surface area contributed by atoms with Crippen LogP contribution in [0.4, 0.5) is 4.39 Å². The average Bonchev–Trinajstić information content (AvgIpc) is 3.66. The molecule has 6 aromatic rings. The first-order chi connectivity index (χ1) is 22.2. The molecule has 0 saturated heterocycles. The monoisotopic (exact) mass is 627 g/mol. The molecule has 0 radical (unpaired) electrons. The number of nitrogens with one attached hydrogen (secondary N) is 3. The van der Waals surface area contributed by atoms with E-state index >= 15 is 0 Å². The second kappa shape index (κ2) is 13.2. The van der Waals surface area contributed by atoms with Gasteiger partial charge in [0.05, 0.1) is 11.0 Å². The topological polar surface area (TPSA) is 69.4 Å². The van der Waals surface area contributed by atoms with Crippen molar-refractivity contribution < 1.29 is 4.39 Å². The molecule has 0 aliphatic rings. The number of halogens is 1. The minimum absolute atomic E-state index is 0.281. The minimum Gasteiger partial charge on any atom is -0.353 e. The Morgan fingerprint density at radius 2 is 1.74 bits per heavy atom. The van der Waals surface area contributed by atoms with Crippen LogP contribution in [-0.2, 0) is 19.4 Å². The molecule has 0 saturated carbocycles. The van der Waals surface area contributed by atoms with Crippen LogP contribution in [0.3, 0.4) is 0 Å². The van der Waals surface area contributed by atoms with Crippen LogP contribution in [0, 0.1) is 5.82 Å². The minimum atomic E-state index is -1.42. The number of pyridine rings is 1. The fourth-order valence-electron chi connectivity index (χ4n) is 5.63. The quantitative estimate of drug-likeness (QED) is 0.142. The van der Waals surface area contributed by atoms with Crippen molar-refractivity contribution in [3.63, 3.8) is 0 Å². The molecule has 46 heavy (non-hydrogen) atoms. The van der Waals surface area contributed by atoms with Gasteiger partial charge in [-0.2, -0.15) is 14.5 Å². The van der Waals surface area contributed by atoms with Crippen molar-refractivity contribution in [3.8, 4) is 22.5 Å². The molecule has 0 aliphatic heterocycles.